The second kappa shape index (κ2) is 11.6. The summed E-state index contributed by atoms with van der Waals surface area (Å²) in [6, 6.07) is 10.8. The van der Waals surface area contributed by atoms with Crippen LogP contribution >= 0.6 is 35.0 Å². The lowest BCUT2D eigenvalue weighted by molar-refractivity contribution is -0.138. The molecule has 0 spiro atoms. The summed E-state index contributed by atoms with van der Waals surface area (Å²) < 4.78 is 13.8. The van der Waals surface area contributed by atoms with Crippen LogP contribution in [0.4, 0.5) is 4.39 Å². The van der Waals surface area contributed by atoms with Gasteiger partial charge in [0, 0.05) is 33.9 Å². The van der Waals surface area contributed by atoms with Crippen molar-refractivity contribution >= 4 is 46.8 Å². The van der Waals surface area contributed by atoms with Crippen molar-refractivity contribution in [2.24, 2.45) is 0 Å². The maximum Gasteiger partial charge on any atom is 0.242 e. The minimum absolute atomic E-state index is 0.0590. The zero-order chi connectivity index (χ0) is 22.3. The summed E-state index contributed by atoms with van der Waals surface area (Å²) in [4.78, 5) is 27.1. The quantitative estimate of drug-likeness (QED) is 0.540. The predicted molar refractivity (Wildman–Crippen MR) is 122 cm³/mol. The predicted octanol–water partition coefficient (Wildman–Crippen LogP) is 5.31. The molecule has 1 atom stereocenters. The maximum atomic E-state index is 13.8. The first-order chi connectivity index (χ1) is 14.2. The topological polar surface area (TPSA) is 49.4 Å². The molecular weight excluding hydrogens is 446 g/mol. The van der Waals surface area contributed by atoms with Crippen LogP contribution in [0.2, 0.25) is 10.0 Å². The van der Waals surface area contributed by atoms with E-state index < -0.39 is 6.04 Å². The van der Waals surface area contributed by atoms with E-state index in [1.807, 2.05) is 13.8 Å². The lowest BCUT2D eigenvalue weighted by Gasteiger charge is -2.30. The largest absolute Gasteiger partial charge is 0.352 e. The minimum Gasteiger partial charge on any atom is -0.352 e. The second-order valence-corrected chi connectivity index (χ2v) is 8.95. The number of benzene rings is 2. The fraction of sp³-hybridized carbons (Fsp3) is 0.364. The Hall–Kier alpha value is -1.76. The first-order valence-electron chi connectivity index (χ1n) is 9.54. The van der Waals surface area contributed by atoms with Crippen LogP contribution in [0.25, 0.3) is 0 Å². The SMILES string of the molecule is CC(C)NC(=O)C(C)N(Cc1c(Cl)cccc1Cl)C(=O)CSCc1ccccc1F. The molecule has 0 saturated carbocycles. The highest BCUT2D eigenvalue weighted by Gasteiger charge is 2.27. The van der Waals surface area contributed by atoms with Crippen molar-refractivity contribution in [1.82, 2.24) is 10.2 Å². The van der Waals surface area contributed by atoms with E-state index >= 15 is 0 Å². The minimum atomic E-state index is -0.721. The molecule has 0 aromatic heterocycles. The Balaban J connectivity index is 2.16. The summed E-state index contributed by atoms with van der Waals surface area (Å²) in [6.07, 6.45) is 0. The average Bonchev–Trinajstić information content (AvgIpc) is 2.68. The summed E-state index contributed by atoms with van der Waals surface area (Å²) in [7, 11) is 0. The van der Waals surface area contributed by atoms with Crippen LogP contribution in [0, 0.1) is 5.82 Å². The third-order valence-electron chi connectivity index (χ3n) is 4.43. The monoisotopic (exact) mass is 470 g/mol. The average molecular weight is 471 g/mol. The van der Waals surface area contributed by atoms with Gasteiger partial charge >= 0.3 is 0 Å². The number of hydrogen-bond donors (Lipinski definition) is 1. The van der Waals surface area contributed by atoms with Crippen molar-refractivity contribution < 1.29 is 14.0 Å². The fourth-order valence-corrected chi connectivity index (χ4v) is 4.20. The van der Waals surface area contributed by atoms with Crippen LogP contribution in [-0.2, 0) is 21.9 Å². The summed E-state index contributed by atoms with van der Waals surface area (Å²) in [5, 5.41) is 3.68. The molecule has 30 heavy (non-hydrogen) atoms. The molecule has 8 heteroatoms. The maximum absolute atomic E-state index is 13.8. The van der Waals surface area contributed by atoms with Gasteiger partial charge in [0.1, 0.15) is 11.9 Å². The molecule has 0 bridgehead atoms. The molecule has 2 aromatic carbocycles. The Morgan fingerprint density at radius 3 is 2.30 bits per heavy atom. The van der Waals surface area contributed by atoms with E-state index in [4.69, 9.17) is 23.2 Å². The molecule has 0 radical (unpaired) electrons. The number of nitrogens with zero attached hydrogens (tertiary/aromatic N) is 1. The molecule has 0 saturated heterocycles. The van der Waals surface area contributed by atoms with Crippen LogP contribution in [0.3, 0.4) is 0 Å². The van der Waals surface area contributed by atoms with E-state index in [2.05, 4.69) is 5.32 Å². The van der Waals surface area contributed by atoms with E-state index in [0.717, 1.165) is 0 Å². The third kappa shape index (κ3) is 6.89. The number of halogens is 3. The molecular formula is C22H25Cl2FN2O2S. The number of carbonyl (C=O) groups excluding carboxylic acids is 2. The van der Waals surface area contributed by atoms with Crippen molar-refractivity contribution in [2.75, 3.05) is 5.75 Å². The standard InChI is InChI=1S/C22H25Cl2FN2O2S/c1-14(2)26-22(29)15(3)27(11-17-18(23)8-6-9-19(17)24)21(28)13-30-12-16-7-4-5-10-20(16)25/h4-10,14-15H,11-13H2,1-3H3,(H,26,29). The number of amides is 2. The van der Waals surface area contributed by atoms with Crippen molar-refractivity contribution in [2.45, 2.75) is 45.2 Å². The molecule has 0 aliphatic carbocycles. The van der Waals surface area contributed by atoms with E-state index in [1.165, 1.54) is 22.7 Å². The lowest BCUT2D eigenvalue weighted by atomic mass is 10.1. The molecule has 0 aliphatic heterocycles. The van der Waals surface area contributed by atoms with Crippen molar-refractivity contribution in [3.05, 3.63) is 69.5 Å². The molecule has 1 N–H and O–H groups in total. The Morgan fingerprint density at radius 2 is 1.70 bits per heavy atom. The summed E-state index contributed by atoms with van der Waals surface area (Å²) in [6.45, 7) is 5.48. The van der Waals surface area contributed by atoms with Gasteiger partial charge in [-0.3, -0.25) is 9.59 Å². The molecule has 0 heterocycles. The highest BCUT2D eigenvalue weighted by Crippen LogP contribution is 2.27. The number of nitrogens with one attached hydrogen (secondary N) is 1. The zero-order valence-electron chi connectivity index (χ0n) is 17.1. The van der Waals surface area contributed by atoms with Crippen LogP contribution in [0.1, 0.15) is 31.9 Å². The summed E-state index contributed by atoms with van der Waals surface area (Å²) >= 11 is 13.8. The molecule has 0 fully saturated rings. The molecule has 0 aliphatic rings. The van der Waals surface area contributed by atoms with Gasteiger partial charge in [-0.25, -0.2) is 4.39 Å². The number of carbonyl (C=O) groups is 2. The van der Waals surface area contributed by atoms with Gasteiger partial charge in [-0.2, -0.15) is 0 Å². The van der Waals surface area contributed by atoms with E-state index in [1.54, 1.807) is 43.3 Å². The van der Waals surface area contributed by atoms with Gasteiger partial charge in [0.25, 0.3) is 0 Å². The molecule has 162 valence electrons. The fourth-order valence-electron chi connectivity index (χ4n) is 2.79. The van der Waals surface area contributed by atoms with Gasteiger partial charge < -0.3 is 10.2 Å². The van der Waals surface area contributed by atoms with Crippen molar-refractivity contribution in [3.8, 4) is 0 Å². The van der Waals surface area contributed by atoms with Gasteiger partial charge in [-0.15, -0.1) is 11.8 Å². The first kappa shape index (κ1) is 24.5. The summed E-state index contributed by atoms with van der Waals surface area (Å²) in [5.74, 6) is -0.373. The lowest BCUT2D eigenvalue weighted by Crippen LogP contribution is -2.49. The van der Waals surface area contributed by atoms with Gasteiger partial charge in [-0.05, 0) is 44.5 Å². The highest BCUT2D eigenvalue weighted by atomic mass is 35.5. The van der Waals surface area contributed by atoms with Gasteiger partial charge in [0.2, 0.25) is 11.8 Å². The zero-order valence-corrected chi connectivity index (χ0v) is 19.5. The molecule has 2 amide bonds. The Bertz CT molecular complexity index is 875. The first-order valence-corrected chi connectivity index (χ1v) is 11.5. The Kier molecular flexibility index (Phi) is 9.46. The van der Waals surface area contributed by atoms with Crippen LogP contribution in [0.15, 0.2) is 42.5 Å². The number of rotatable bonds is 9. The number of hydrogen-bond acceptors (Lipinski definition) is 3. The Labute approximate surface area is 191 Å². The van der Waals surface area contributed by atoms with E-state index in [9.17, 15) is 14.0 Å². The van der Waals surface area contributed by atoms with Crippen LogP contribution < -0.4 is 5.32 Å². The molecule has 2 aromatic rings. The second-order valence-electron chi connectivity index (χ2n) is 7.15. The van der Waals surface area contributed by atoms with Gasteiger partial charge in [-0.1, -0.05) is 47.5 Å². The summed E-state index contributed by atoms with van der Waals surface area (Å²) in [5.41, 5.74) is 1.11. The molecule has 1 unspecified atom stereocenters. The van der Waals surface area contributed by atoms with E-state index in [0.29, 0.717) is 26.9 Å². The Morgan fingerprint density at radius 1 is 1.07 bits per heavy atom. The highest BCUT2D eigenvalue weighted by molar-refractivity contribution is 7.99. The van der Waals surface area contributed by atoms with Crippen LogP contribution in [-0.4, -0.2) is 34.6 Å². The van der Waals surface area contributed by atoms with Crippen molar-refractivity contribution in [3.63, 3.8) is 0 Å². The number of thioether (sulfide) groups is 1. The normalized spacial score (nSPS) is 12.0. The smallest absolute Gasteiger partial charge is 0.242 e. The van der Waals surface area contributed by atoms with Crippen molar-refractivity contribution in [1.29, 1.82) is 0 Å². The van der Waals surface area contributed by atoms with Gasteiger partial charge in [0.15, 0.2) is 0 Å². The molecule has 4 nitrogen and oxygen atoms in total. The molecule has 2 rings (SSSR count). The van der Waals surface area contributed by atoms with Gasteiger partial charge in [0.05, 0.1) is 5.75 Å². The van der Waals surface area contributed by atoms with Crippen LogP contribution in [0.5, 0.6) is 0 Å². The third-order valence-corrected chi connectivity index (χ3v) is 6.10. The van der Waals surface area contributed by atoms with E-state index in [-0.39, 0.29) is 36.0 Å².